The maximum atomic E-state index is 12.5. The monoisotopic (exact) mass is 423 g/mol. The quantitative estimate of drug-likeness (QED) is 0.505. The second-order valence-corrected chi connectivity index (χ2v) is 6.74. The normalized spacial score (nSPS) is 10.2. The molecule has 3 aromatic rings. The summed E-state index contributed by atoms with van der Waals surface area (Å²) in [6.45, 7) is 0.267. The molecule has 7 nitrogen and oxygen atoms in total. The van der Waals surface area contributed by atoms with Crippen LogP contribution in [0.1, 0.15) is 21.7 Å². The molecule has 0 atom stereocenters. The van der Waals surface area contributed by atoms with E-state index in [1.165, 1.54) is 0 Å². The van der Waals surface area contributed by atoms with E-state index < -0.39 is 0 Å². The average Bonchev–Trinajstić information content (AvgIpc) is 3.26. The first-order valence-corrected chi connectivity index (χ1v) is 9.59. The van der Waals surface area contributed by atoms with Crippen molar-refractivity contribution in [3.8, 4) is 5.75 Å². The first-order chi connectivity index (χ1) is 14.5. The van der Waals surface area contributed by atoms with Gasteiger partial charge < -0.3 is 25.1 Å². The Hall–Kier alpha value is -3.65. The number of hydrogen-bond donors (Lipinski definition) is 3. The van der Waals surface area contributed by atoms with E-state index in [9.17, 15) is 9.59 Å². The van der Waals surface area contributed by atoms with E-state index >= 15 is 0 Å². The molecule has 0 saturated carbocycles. The molecule has 0 spiro atoms. The number of methoxy groups -OCH3 is 1. The number of ether oxygens (including phenoxy) is 1. The second kappa shape index (κ2) is 10.2. The van der Waals surface area contributed by atoms with Gasteiger partial charge in [0.05, 0.1) is 37.6 Å². The zero-order valence-electron chi connectivity index (χ0n) is 16.3. The van der Waals surface area contributed by atoms with E-state index in [4.69, 9.17) is 21.4 Å². The largest absolute Gasteiger partial charge is 0.497 e. The Morgan fingerprint density at radius 1 is 1.03 bits per heavy atom. The first kappa shape index (κ1) is 21.1. The molecule has 0 bridgehead atoms. The second-order valence-electron chi connectivity index (χ2n) is 6.33. The number of anilines is 1. The molecule has 154 valence electrons. The molecular formula is C22H21N3O4S. The minimum atomic E-state index is -0.290. The van der Waals surface area contributed by atoms with Gasteiger partial charge in [0.1, 0.15) is 11.5 Å². The summed E-state index contributed by atoms with van der Waals surface area (Å²) < 4.78 is 10.3. The molecule has 1 aromatic heterocycles. The molecule has 0 unspecified atom stereocenters. The summed E-state index contributed by atoms with van der Waals surface area (Å²) in [5, 5.41) is 8.44. The number of carbonyl (C=O) groups is 2. The third-order valence-electron chi connectivity index (χ3n) is 4.20. The molecule has 8 heteroatoms. The molecule has 0 fully saturated rings. The third-order valence-corrected chi connectivity index (χ3v) is 4.40. The molecule has 0 saturated heterocycles. The zero-order chi connectivity index (χ0) is 21.3. The van der Waals surface area contributed by atoms with Gasteiger partial charge in [-0.2, -0.15) is 0 Å². The molecule has 1 heterocycles. The van der Waals surface area contributed by atoms with Gasteiger partial charge in [-0.05, 0) is 54.2 Å². The van der Waals surface area contributed by atoms with Crippen molar-refractivity contribution in [2.45, 2.75) is 13.0 Å². The number of rotatable bonds is 7. The molecule has 3 rings (SSSR count). The molecule has 0 aliphatic carbocycles. The van der Waals surface area contributed by atoms with Crippen LogP contribution < -0.4 is 20.7 Å². The van der Waals surface area contributed by atoms with Gasteiger partial charge in [0.15, 0.2) is 5.11 Å². The lowest BCUT2D eigenvalue weighted by molar-refractivity contribution is -0.119. The lowest BCUT2D eigenvalue weighted by Gasteiger charge is -2.13. The molecule has 2 aromatic carbocycles. The predicted molar refractivity (Wildman–Crippen MR) is 117 cm³/mol. The van der Waals surface area contributed by atoms with Gasteiger partial charge in [-0.25, -0.2) is 0 Å². The van der Waals surface area contributed by atoms with Gasteiger partial charge in [-0.3, -0.25) is 9.59 Å². The number of furan rings is 1. The van der Waals surface area contributed by atoms with E-state index in [2.05, 4.69) is 16.0 Å². The molecule has 30 heavy (non-hydrogen) atoms. The van der Waals surface area contributed by atoms with Crippen LogP contribution in [-0.4, -0.2) is 24.0 Å². The summed E-state index contributed by atoms with van der Waals surface area (Å²) in [5.41, 5.74) is 1.72. The van der Waals surface area contributed by atoms with Crippen LogP contribution in [0.4, 0.5) is 5.69 Å². The van der Waals surface area contributed by atoms with Crippen molar-refractivity contribution in [2.75, 3.05) is 12.4 Å². The highest BCUT2D eigenvalue weighted by molar-refractivity contribution is 7.80. The lowest BCUT2D eigenvalue weighted by atomic mass is 10.1. The molecule has 0 aliphatic heterocycles. The number of carbonyl (C=O) groups excluding carboxylic acids is 2. The van der Waals surface area contributed by atoms with E-state index in [1.807, 2.05) is 12.1 Å². The van der Waals surface area contributed by atoms with Crippen molar-refractivity contribution in [1.82, 2.24) is 10.6 Å². The zero-order valence-corrected chi connectivity index (χ0v) is 17.1. The Morgan fingerprint density at radius 3 is 2.50 bits per heavy atom. The van der Waals surface area contributed by atoms with E-state index in [-0.39, 0.29) is 29.9 Å². The van der Waals surface area contributed by atoms with Crippen molar-refractivity contribution in [2.24, 2.45) is 0 Å². The Bertz CT molecular complexity index is 1020. The van der Waals surface area contributed by atoms with Crippen LogP contribution in [0.15, 0.2) is 71.3 Å². The van der Waals surface area contributed by atoms with Gasteiger partial charge in [0.25, 0.3) is 5.91 Å². The number of hydrogen-bond acceptors (Lipinski definition) is 5. The number of amides is 2. The smallest absolute Gasteiger partial charge is 0.253 e. The Labute approximate surface area is 179 Å². The highest BCUT2D eigenvalue weighted by Gasteiger charge is 2.13. The summed E-state index contributed by atoms with van der Waals surface area (Å²) >= 11 is 5.23. The van der Waals surface area contributed by atoms with Crippen LogP contribution in [0.2, 0.25) is 0 Å². The minimum absolute atomic E-state index is 0.111. The lowest BCUT2D eigenvalue weighted by Crippen LogP contribution is -2.35. The van der Waals surface area contributed by atoms with Crippen LogP contribution in [0.25, 0.3) is 0 Å². The summed E-state index contributed by atoms with van der Waals surface area (Å²) in [4.78, 5) is 24.8. The van der Waals surface area contributed by atoms with E-state index in [1.54, 1.807) is 61.9 Å². The highest BCUT2D eigenvalue weighted by atomic mass is 32.1. The number of benzene rings is 2. The van der Waals surface area contributed by atoms with Crippen molar-refractivity contribution in [3.63, 3.8) is 0 Å². The maximum Gasteiger partial charge on any atom is 0.253 e. The number of thiocarbonyl (C=S) groups is 1. The number of para-hydroxylation sites is 1. The van der Waals surface area contributed by atoms with Gasteiger partial charge in [-0.1, -0.05) is 24.3 Å². The van der Waals surface area contributed by atoms with Gasteiger partial charge >= 0.3 is 0 Å². The van der Waals surface area contributed by atoms with Crippen LogP contribution in [0.3, 0.4) is 0 Å². The summed E-state index contributed by atoms with van der Waals surface area (Å²) in [5.74, 6) is 0.813. The van der Waals surface area contributed by atoms with Crippen molar-refractivity contribution in [1.29, 1.82) is 0 Å². The molecule has 3 N–H and O–H groups in total. The Balaban J connectivity index is 1.56. The minimum Gasteiger partial charge on any atom is -0.497 e. The van der Waals surface area contributed by atoms with Crippen molar-refractivity contribution >= 4 is 34.8 Å². The van der Waals surface area contributed by atoms with Gasteiger partial charge in [-0.15, -0.1) is 0 Å². The van der Waals surface area contributed by atoms with Crippen LogP contribution in [0.5, 0.6) is 5.75 Å². The summed E-state index contributed by atoms with van der Waals surface area (Å²) in [6.07, 6.45) is 1.71. The van der Waals surface area contributed by atoms with E-state index in [0.29, 0.717) is 17.0 Å². The first-order valence-electron chi connectivity index (χ1n) is 9.18. The van der Waals surface area contributed by atoms with Crippen LogP contribution in [-0.2, 0) is 17.8 Å². The molecule has 0 radical (unpaired) electrons. The topological polar surface area (TPSA) is 92.6 Å². The fourth-order valence-electron chi connectivity index (χ4n) is 2.72. The van der Waals surface area contributed by atoms with Crippen LogP contribution >= 0.6 is 12.2 Å². The summed E-state index contributed by atoms with van der Waals surface area (Å²) in [6, 6.07) is 17.6. The fraction of sp³-hybridized carbons (Fsp3) is 0.136. The highest BCUT2D eigenvalue weighted by Crippen LogP contribution is 2.15. The van der Waals surface area contributed by atoms with Crippen molar-refractivity contribution < 1.29 is 18.7 Å². The van der Waals surface area contributed by atoms with Crippen LogP contribution in [0, 0.1) is 0 Å². The fourth-order valence-corrected chi connectivity index (χ4v) is 2.94. The van der Waals surface area contributed by atoms with E-state index in [0.717, 1.165) is 11.3 Å². The third kappa shape index (κ3) is 5.92. The molecular weight excluding hydrogens is 402 g/mol. The molecule has 2 amide bonds. The Morgan fingerprint density at radius 2 is 1.80 bits per heavy atom. The van der Waals surface area contributed by atoms with Gasteiger partial charge in [0.2, 0.25) is 5.91 Å². The number of nitrogens with one attached hydrogen (secondary N) is 3. The standard InChI is InChI=1S/C22H21N3O4S/c1-28-16-10-8-15(9-11-16)13-20(26)25-22(30)24-19-7-3-2-6-18(19)21(27)23-14-17-5-4-12-29-17/h2-12H,13-14H2,1H3,(H,23,27)(H2,24,25,26,30). The van der Waals surface area contributed by atoms with Crippen molar-refractivity contribution in [3.05, 3.63) is 83.8 Å². The molecule has 0 aliphatic rings. The Kier molecular flexibility index (Phi) is 7.18. The van der Waals surface area contributed by atoms with Gasteiger partial charge in [0, 0.05) is 0 Å². The SMILES string of the molecule is COc1ccc(CC(=O)NC(=S)Nc2ccccc2C(=O)NCc2ccco2)cc1. The average molecular weight is 423 g/mol. The maximum absolute atomic E-state index is 12.5. The predicted octanol–water partition coefficient (Wildman–Crippen LogP) is 3.27. The summed E-state index contributed by atoms with van der Waals surface area (Å²) in [7, 11) is 1.58.